The molecule has 1 aliphatic heterocycles. The van der Waals surface area contributed by atoms with E-state index in [1.54, 1.807) is 0 Å². The lowest BCUT2D eigenvalue weighted by Gasteiger charge is -1.81. The van der Waals surface area contributed by atoms with E-state index in [9.17, 15) is 0 Å². The molecular formula is C4H7BN2. The smallest absolute Gasteiger partial charge is 0.253 e. The second-order valence-corrected chi connectivity index (χ2v) is 1.77. The molecule has 0 radical (unpaired) electrons. The van der Waals surface area contributed by atoms with Crippen LogP contribution in [0, 0.1) is 0 Å². The number of nitrogens with zero attached hydrogens (tertiary/aromatic N) is 2. The van der Waals surface area contributed by atoms with Crippen LogP contribution in [0.3, 0.4) is 0 Å². The van der Waals surface area contributed by atoms with Crippen molar-refractivity contribution in [1.29, 1.82) is 0 Å². The molecule has 0 aromatic rings. The highest BCUT2D eigenvalue weighted by Crippen LogP contribution is 2.09. The van der Waals surface area contributed by atoms with E-state index in [1.807, 2.05) is 6.92 Å². The highest BCUT2D eigenvalue weighted by molar-refractivity contribution is 6.43. The molecule has 0 atom stereocenters. The average molecular weight is 93.9 g/mol. The first kappa shape index (κ1) is 4.56. The second kappa shape index (κ2) is 1.48. The third kappa shape index (κ3) is 0.708. The molecule has 0 bridgehead atoms. The van der Waals surface area contributed by atoms with Crippen molar-refractivity contribution < 1.29 is 0 Å². The van der Waals surface area contributed by atoms with Crippen molar-refractivity contribution in [2.75, 3.05) is 0 Å². The monoisotopic (exact) mass is 94.1 g/mol. The fourth-order valence-corrected chi connectivity index (χ4v) is 0.447. The Bertz CT molecular complexity index is 137. The second-order valence-electron chi connectivity index (χ2n) is 1.77. The summed E-state index contributed by atoms with van der Waals surface area (Å²) in [5.41, 5.74) is 2.38. The summed E-state index contributed by atoms with van der Waals surface area (Å²) in [6.07, 6.45) is 0. The van der Waals surface area contributed by atoms with Gasteiger partial charge in [-0.3, -0.25) is 5.03 Å². The van der Waals surface area contributed by atoms with E-state index in [2.05, 4.69) is 17.1 Å². The van der Waals surface area contributed by atoms with Gasteiger partial charge in [0.2, 0.25) is 0 Å². The maximum absolute atomic E-state index is 3.82. The number of rotatable bonds is 0. The molecule has 0 aromatic carbocycles. The number of hydrogen-bond donors (Lipinski definition) is 0. The van der Waals surface area contributed by atoms with Crippen molar-refractivity contribution in [3.63, 3.8) is 0 Å². The summed E-state index contributed by atoms with van der Waals surface area (Å²) in [7, 11) is 0.811. The fourth-order valence-electron chi connectivity index (χ4n) is 0.447. The maximum Gasteiger partial charge on any atom is 0.321 e. The van der Waals surface area contributed by atoms with Crippen LogP contribution >= 0.6 is 0 Å². The van der Waals surface area contributed by atoms with Crippen molar-refractivity contribution in [3.05, 3.63) is 11.2 Å². The first-order chi connectivity index (χ1) is 3.30. The normalized spacial score (nSPS) is 18.0. The van der Waals surface area contributed by atoms with Gasteiger partial charge >= 0.3 is 7.41 Å². The van der Waals surface area contributed by atoms with Gasteiger partial charge in [0.05, 0.1) is 5.70 Å². The van der Waals surface area contributed by atoms with Crippen molar-refractivity contribution >= 4 is 7.41 Å². The van der Waals surface area contributed by atoms with Gasteiger partial charge in [0.1, 0.15) is 0 Å². The van der Waals surface area contributed by atoms with Gasteiger partial charge in [-0.05, 0) is 13.8 Å². The van der Waals surface area contributed by atoms with Crippen LogP contribution in [0.25, 0.3) is 0 Å². The fraction of sp³-hybridized carbons (Fsp3) is 0.500. The summed E-state index contributed by atoms with van der Waals surface area (Å²) in [6, 6.07) is 0. The Morgan fingerprint density at radius 2 is 2.14 bits per heavy atom. The van der Waals surface area contributed by atoms with Gasteiger partial charge in [0.25, 0.3) is 0 Å². The van der Waals surface area contributed by atoms with Gasteiger partial charge in [-0.15, -0.1) is 0 Å². The van der Waals surface area contributed by atoms with E-state index in [0.717, 1.165) is 13.1 Å². The van der Waals surface area contributed by atoms with E-state index in [1.165, 1.54) is 5.47 Å². The number of allylic oxidation sites excluding steroid dienone is 2. The van der Waals surface area contributed by atoms with Gasteiger partial charge < -0.3 is 0 Å². The first-order valence-corrected chi connectivity index (χ1v) is 2.34. The molecule has 0 unspecified atom stereocenters. The van der Waals surface area contributed by atoms with E-state index < -0.39 is 0 Å². The lowest BCUT2D eigenvalue weighted by Crippen LogP contribution is -1.80. The molecule has 0 aliphatic carbocycles. The van der Waals surface area contributed by atoms with E-state index in [0.29, 0.717) is 0 Å². The molecular weight excluding hydrogens is 86.9 g/mol. The number of hydrogen-bond acceptors (Lipinski definition) is 2. The molecule has 2 nitrogen and oxygen atoms in total. The van der Waals surface area contributed by atoms with Crippen molar-refractivity contribution in [2.24, 2.45) is 10.1 Å². The predicted molar refractivity (Wildman–Crippen MR) is 30.4 cm³/mol. The van der Waals surface area contributed by atoms with Crippen LogP contribution in [0.5, 0.6) is 0 Å². The molecule has 0 N–H and O–H groups in total. The zero-order chi connectivity index (χ0) is 5.28. The Balaban J connectivity index is 2.79. The van der Waals surface area contributed by atoms with Crippen molar-refractivity contribution in [2.45, 2.75) is 13.8 Å². The van der Waals surface area contributed by atoms with Gasteiger partial charge in [0, 0.05) is 0 Å². The third-order valence-electron chi connectivity index (χ3n) is 1.15. The van der Waals surface area contributed by atoms with Gasteiger partial charge in [-0.1, -0.05) is 5.47 Å². The first-order valence-electron chi connectivity index (χ1n) is 2.34. The van der Waals surface area contributed by atoms with E-state index in [-0.39, 0.29) is 0 Å². The molecule has 0 saturated heterocycles. The lowest BCUT2D eigenvalue weighted by atomic mass is 9.85. The topological polar surface area (TPSA) is 24.7 Å². The summed E-state index contributed by atoms with van der Waals surface area (Å²) >= 11 is 0. The molecule has 0 fully saturated rings. The average Bonchev–Trinajstić information content (AvgIpc) is 1.91. The van der Waals surface area contributed by atoms with Crippen LogP contribution in [0.15, 0.2) is 21.3 Å². The molecule has 1 heterocycles. The van der Waals surface area contributed by atoms with Gasteiger partial charge in [-0.2, -0.15) is 5.11 Å². The molecule has 0 saturated carbocycles. The zero-order valence-corrected chi connectivity index (χ0v) is 4.60. The minimum absolute atomic E-state index is 0.811. The lowest BCUT2D eigenvalue weighted by molar-refractivity contribution is 1.20. The summed E-state index contributed by atoms with van der Waals surface area (Å²) in [5, 5.41) is 7.62. The van der Waals surface area contributed by atoms with Crippen LogP contribution in [0.1, 0.15) is 13.8 Å². The Labute approximate surface area is 43.6 Å². The van der Waals surface area contributed by atoms with Crippen LogP contribution < -0.4 is 0 Å². The molecule has 7 heavy (non-hydrogen) atoms. The van der Waals surface area contributed by atoms with Gasteiger partial charge in [-0.25, -0.2) is 0 Å². The Morgan fingerprint density at radius 3 is 2.29 bits per heavy atom. The highest BCUT2D eigenvalue weighted by atomic mass is 15.1. The SMILES string of the molecule is CC1=C(C)N=NB1. The maximum atomic E-state index is 3.82. The van der Waals surface area contributed by atoms with Crippen LogP contribution in [0.4, 0.5) is 0 Å². The van der Waals surface area contributed by atoms with E-state index >= 15 is 0 Å². The largest absolute Gasteiger partial charge is 0.321 e. The van der Waals surface area contributed by atoms with Crippen LogP contribution in [-0.2, 0) is 0 Å². The van der Waals surface area contributed by atoms with Crippen molar-refractivity contribution in [3.8, 4) is 0 Å². The van der Waals surface area contributed by atoms with E-state index in [4.69, 9.17) is 0 Å². The molecule has 1 aliphatic rings. The summed E-state index contributed by atoms with van der Waals surface area (Å²) in [5.74, 6) is 0. The molecule has 3 heteroatoms. The summed E-state index contributed by atoms with van der Waals surface area (Å²) in [6.45, 7) is 4.03. The Kier molecular flexibility index (Phi) is 0.967. The highest BCUT2D eigenvalue weighted by Gasteiger charge is 2.01. The summed E-state index contributed by atoms with van der Waals surface area (Å²) in [4.78, 5) is 0. The minimum atomic E-state index is 0.811. The minimum Gasteiger partial charge on any atom is -0.253 e. The van der Waals surface area contributed by atoms with Gasteiger partial charge in [0.15, 0.2) is 0 Å². The molecule has 1 rings (SSSR count). The molecule has 0 spiro atoms. The summed E-state index contributed by atoms with van der Waals surface area (Å²) < 4.78 is 0. The zero-order valence-electron chi connectivity index (χ0n) is 4.60. The Hall–Kier alpha value is -0.595. The standard InChI is InChI=1S/C4H7BN2/c1-3-4(2)6-7-5-3/h5H,1-2H3. The Morgan fingerprint density at radius 1 is 1.43 bits per heavy atom. The van der Waals surface area contributed by atoms with Crippen molar-refractivity contribution in [1.82, 2.24) is 0 Å². The predicted octanol–water partition coefficient (Wildman–Crippen LogP) is 1.06. The quantitative estimate of drug-likeness (QED) is 0.401. The molecule has 36 valence electrons. The molecule has 0 aromatic heterocycles. The van der Waals surface area contributed by atoms with Crippen LogP contribution in [0.2, 0.25) is 0 Å². The van der Waals surface area contributed by atoms with Crippen LogP contribution in [-0.4, -0.2) is 7.41 Å². The third-order valence-corrected chi connectivity index (χ3v) is 1.15. The molecule has 0 amide bonds.